The molecule has 0 fully saturated rings. The first-order valence-electron chi connectivity index (χ1n) is 11.2. The van der Waals surface area contributed by atoms with Gasteiger partial charge >= 0.3 is 0 Å². The first-order valence-corrected chi connectivity index (χ1v) is 12.7. The highest BCUT2D eigenvalue weighted by molar-refractivity contribution is 7.92. The fourth-order valence-electron chi connectivity index (χ4n) is 4.98. The van der Waals surface area contributed by atoms with Gasteiger partial charge in [0.15, 0.2) is 0 Å². The molecule has 0 radical (unpaired) electrons. The van der Waals surface area contributed by atoms with Gasteiger partial charge in [0.2, 0.25) is 0 Å². The number of nitrogens with one attached hydrogen (secondary N) is 2. The van der Waals surface area contributed by atoms with E-state index >= 15 is 0 Å². The first kappa shape index (κ1) is 20.8. The fourth-order valence-corrected chi connectivity index (χ4v) is 6.11. The van der Waals surface area contributed by atoms with Crippen LogP contribution in [0.5, 0.6) is 0 Å². The molecule has 1 heterocycles. The summed E-state index contributed by atoms with van der Waals surface area (Å²) in [7, 11) is -3.68. The molecule has 0 amide bonds. The van der Waals surface area contributed by atoms with Gasteiger partial charge in [-0.05, 0) is 66.6 Å². The van der Waals surface area contributed by atoms with Crippen molar-refractivity contribution in [1.82, 2.24) is 0 Å². The highest BCUT2D eigenvalue weighted by Gasteiger charge is 2.38. The van der Waals surface area contributed by atoms with Gasteiger partial charge in [0.25, 0.3) is 10.0 Å². The second-order valence-corrected chi connectivity index (χ2v) is 10.4. The SMILES string of the molecule is CCc1ccccc1NS(=O)(=O)c1ccc2c(c1)[C@H]1C=CC[C@H]1[C@@H](c1ccc(C)cc1)N2. The zero-order valence-electron chi connectivity index (χ0n) is 18.4. The van der Waals surface area contributed by atoms with Crippen molar-refractivity contribution in [2.45, 2.75) is 43.5 Å². The summed E-state index contributed by atoms with van der Waals surface area (Å²) in [5, 5.41) is 3.70. The standard InChI is InChI=1S/C27H28N2O2S/c1-3-19-7-4-5-10-25(19)29-32(30,31)21-15-16-26-24(17-21)22-8-6-9-23(22)27(28-26)20-13-11-18(2)12-14-20/h4-8,10-17,22-23,27-29H,3,9H2,1-2H3/t22-,23+,27+/m0/s1. The summed E-state index contributed by atoms with van der Waals surface area (Å²) in [5.74, 6) is 0.576. The van der Waals surface area contributed by atoms with E-state index in [1.807, 2.05) is 43.3 Å². The van der Waals surface area contributed by atoms with Gasteiger partial charge in [0.05, 0.1) is 16.6 Å². The highest BCUT2D eigenvalue weighted by atomic mass is 32.2. The Kier molecular flexibility index (Phi) is 5.30. The van der Waals surface area contributed by atoms with Crippen LogP contribution in [0, 0.1) is 12.8 Å². The van der Waals surface area contributed by atoms with Crippen molar-refractivity contribution in [2.24, 2.45) is 5.92 Å². The van der Waals surface area contributed by atoms with Gasteiger partial charge in [-0.15, -0.1) is 0 Å². The third-order valence-corrected chi connectivity index (χ3v) is 8.09. The molecular formula is C27H28N2O2S. The Labute approximate surface area is 190 Å². The summed E-state index contributed by atoms with van der Waals surface area (Å²) in [4.78, 5) is 0.303. The number of aryl methyl sites for hydroxylation is 2. The molecule has 3 atom stereocenters. The zero-order chi connectivity index (χ0) is 22.3. The van der Waals surface area contributed by atoms with E-state index in [0.29, 0.717) is 16.5 Å². The molecule has 5 rings (SSSR count). The van der Waals surface area contributed by atoms with Gasteiger partial charge in [-0.2, -0.15) is 0 Å². The van der Waals surface area contributed by atoms with E-state index in [1.54, 1.807) is 6.07 Å². The van der Waals surface area contributed by atoms with Crippen molar-refractivity contribution in [1.29, 1.82) is 0 Å². The summed E-state index contributed by atoms with van der Waals surface area (Å²) in [6.45, 7) is 4.12. The van der Waals surface area contributed by atoms with Crippen LogP contribution in [0.15, 0.2) is 83.8 Å². The second-order valence-electron chi connectivity index (χ2n) is 8.75. The number of allylic oxidation sites excluding steroid dienone is 2. The van der Waals surface area contributed by atoms with E-state index in [9.17, 15) is 8.42 Å². The lowest BCUT2D eigenvalue weighted by Gasteiger charge is -2.37. The molecular weight excluding hydrogens is 416 g/mol. The van der Waals surface area contributed by atoms with Crippen LogP contribution in [0.1, 0.15) is 47.6 Å². The smallest absolute Gasteiger partial charge is 0.261 e. The van der Waals surface area contributed by atoms with Crippen LogP contribution in [0.2, 0.25) is 0 Å². The van der Waals surface area contributed by atoms with Gasteiger partial charge in [-0.1, -0.05) is 67.1 Å². The van der Waals surface area contributed by atoms with Gasteiger partial charge in [-0.25, -0.2) is 8.42 Å². The Hall–Kier alpha value is -3.05. The number of rotatable bonds is 5. The van der Waals surface area contributed by atoms with Crippen LogP contribution in [-0.4, -0.2) is 8.42 Å². The summed E-state index contributed by atoms with van der Waals surface area (Å²) in [6.07, 6.45) is 6.21. The van der Waals surface area contributed by atoms with Crippen LogP contribution < -0.4 is 10.0 Å². The number of hydrogen-bond acceptors (Lipinski definition) is 3. The molecule has 0 aromatic heterocycles. The molecule has 1 aliphatic heterocycles. The normalized spacial score (nSPS) is 21.5. The van der Waals surface area contributed by atoms with Crippen LogP contribution in [0.3, 0.4) is 0 Å². The maximum absolute atomic E-state index is 13.2. The number of hydrogen-bond donors (Lipinski definition) is 2. The number of fused-ring (bicyclic) bond motifs is 3. The molecule has 0 bridgehead atoms. The summed E-state index contributed by atoms with van der Waals surface area (Å²) in [6, 6.07) is 21.9. The van der Waals surface area contributed by atoms with Gasteiger partial charge in [0.1, 0.15) is 0 Å². The monoisotopic (exact) mass is 444 g/mol. The van der Waals surface area contributed by atoms with Crippen LogP contribution in [0.4, 0.5) is 11.4 Å². The van der Waals surface area contributed by atoms with E-state index in [0.717, 1.165) is 29.7 Å². The van der Waals surface area contributed by atoms with Crippen LogP contribution >= 0.6 is 0 Å². The molecule has 3 aromatic carbocycles. The van der Waals surface area contributed by atoms with Crippen molar-refractivity contribution in [2.75, 3.05) is 10.0 Å². The predicted octanol–water partition coefficient (Wildman–Crippen LogP) is 6.18. The minimum atomic E-state index is -3.68. The average molecular weight is 445 g/mol. The lowest BCUT2D eigenvalue weighted by molar-refractivity contribution is 0.425. The second kappa shape index (κ2) is 8.14. The Morgan fingerprint density at radius 2 is 1.81 bits per heavy atom. The highest BCUT2D eigenvalue weighted by Crippen LogP contribution is 2.50. The summed E-state index contributed by atoms with van der Waals surface area (Å²) in [5.41, 5.74) is 6.21. The molecule has 5 heteroatoms. The summed E-state index contributed by atoms with van der Waals surface area (Å²) >= 11 is 0. The third-order valence-electron chi connectivity index (χ3n) is 6.72. The van der Waals surface area contributed by atoms with Crippen molar-refractivity contribution in [3.63, 3.8) is 0 Å². The molecule has 32 heavy (non-hydrogen) atoms. The average Bonchev–Trinajstić information content (AvgIpc) is 3.29. The molecule has 0 unspecified atom stereocenters. The number of benzene rings is 3. The van der Waals surface area contributed by atoms with Crippen molar-refractivity contribution >= 4 is 21.4 Å². The zero-order valence-corrected chi connectivity index (χ0v) is 19.2. The Morgan fingerprint density at radius 3 is 2.59 bits per heavy atom. The minimum Gasteiger partial charge on any atom is -0.378 e. The maximum Gasteiger partial charge on any atom is 0.261 e. The van der Waals surface area contributed by atoms with E-state index in [2.05, 4.69) is 53.4 Å². The third kappa shape index (κ3) is 3.71. The molecule has 4 nitrogen and oxygen atoms in total. The van der Waals surface area contributed by atoms with Crippen LogP contribution in [0.25, 0.3) is 0 Å². The van der Waals surface area contributed by atoms with Crippen LogP contribution in [-0.2, 0) is 16.4 Å². The van der Waals surface area contributed by atoms with Gasteiger partial charge < -0.3 is 5.32 Å². The lowest BCUT2D eigenvalue weighted by Crippen LogP contribution is -2.29. The van der Waals surface area contributed by atoms with E-state index < -0.39 is 10.0 Å². The topological polar surface area (TPSA) is 58.2 Å². The molecule has 164 valence electrons. The summed E-state index contributed by atoms with van der Waals surface area (Å²) < 4.78 is 29.2. The van der Waals surface area contributed by atoms with Crippen molar-refractivity contribution < 1.29 is 8.42 Å². The first-order chi connectivity index (χ1) is 15.5. The molecule has 1 aliphatic carbocycles. The molecule has 0 spiro atoms. The van der Waals surface area contributed by atoms with Gasteiger partial charge in [-0.3, -0.25) is 4.72 Å². The lowest BCUT2D eigenvalue weighted by atomic mass is 9.77. The Bertz CT molecular complexity index is 1280. The molecule has 2 aliphatic rings. The van der Waals surface area contributed by atoms with E-state index in [-0.39, 0.29) is 12.0 Å². The minimum absolute atomic E-state index is 0.204. The number of para-hydroxylation sites is 1. The Balaban J connectivity index is 1.49. The quantitative estimate of drug-likeness (QED) is 0.462. The maximum atomic E-state index is 13.2. The number of anilines is 2. The van der Waals surface area contributed by atoms with E-state index in [1.165, 1.54) is 11.1 Å². The Morgan fingerprint density at radius 1 is 1.03 bits per heavy atom. The van der Waals surface area contributed by atoms with E-state index in [4.69, 9.17) is 0 Å². The fraction of sp³-hybridized carbons (Fsp3) is 0.259. The number of sulfonamides is 1. The van der Waals surface area contributed by atoms with Gasteiger partial charge in [0, 0.05) is 11.6 Å². The largest absolute Gasteiger partial charge is 0.378 e. The molecule has 0 saturated carbocycles. The predicted molar refractivity (Wildman–Crippen MR) is 131 cm³/mol. The van der Waals surface area contributed by atoms with Crippen molar-refractivity contribution in [3.8, 4) is 0 Å². The molecule has 2 N–H and O–H groups in total. The molecule has 3 aromatic rings. The van der Waals surface area contributed by atoms with Crippen molar-refractivity contribution in [3.05, 3.63) is 101 Å². The molecule has 0 saturated heterocycles.